The van der Waals surface area contributed by atoms with E-state index in [1.807, 2.05) is 12.4 Å². The molecule has 1 heterocycles. The number of nitrogens with zero attached hydrogens (tertiary/aromatic N) is 2. The summed E-state index contributed by atoms with van der Waals surface area (Å²) in [6.45, 7) is 2.25. The molecule has 0 aliphatic rings. The Morgan fingerprint density at radius 2 is 1.57 bits per heavy atom. The molecule has 0 aliphatic heterocycles. The summed E-state index contributed by atoms with van der Waals surface area (Å²) in [5.41, 5.74) is 1.27. The average Bonchev–Trinajstić information content (AvgIpc) is 2.25. The van der Waals surface area contributed by atoms with E-state index in [2.05, 4.69) is 16.9 Å². The monoisotopic (exact) mass is 192 g/mol. The van der Waals surface area contributed by atoms with E-state index in [0.29, 0.717) is 0 Å². The molecule has 0 aromatic carbocycles. The summed E-state index contributed by atoms with van der Waals surface area (Å²) >= 11 is 0. The smallest absolute Gasteiger partial charge is 0.115 e. The van der Waals surface area contributed by atoms with Gasteiger partial charge < -0.3 is 0 Å². The fraction of sp³-hybridized carbons (Fsp3) is 0.667. The lowest BCUT2D eigenvalue weighted by molar-refractivity contribution is 0.607. The molecule has 14 heavy (non-hydrogen) atoms. The minimum atomic E-state index is 1.13. The summed E-state index contributed by atoms with van der Waals surface area (Å²) in [6.07, 6.45) is 14.6. The van der Waals surface area contributed by atoms with E-state index >= 15 is 0 Å². The number of aryl methyl sites for hydroxylation is 1. The molecule has 2 nitrogen and oxygen atoms in total. The van der Waals surface area contributed by atoms with E-state index in [1.165, 1.54) is 44.1 Å². The van der Waals surface area contributed by atoms with Crippen LogP contribution in [0.1, 0.15) is 51.0 Å². The van der Waals surface area contributed by atoms with Crippen molar-refractivity contribution in [1.29, 1.82) is 0 Å². The van der Waals surface area contributed by atoms with Gasteiger partial charge >= 0.3 is 0 Å². The Hall–Kier alpha value is -0.920. The van der Waals surface area contributed by atoms with Gasteiger partial charge in [0.1, 0.15) is 6.33 Å². The average molecular weight is 192 g/mol. The maximum atomic E-state index is 4.00. The third-order valence-corrected chi connectivity index (χ3v) is 2.43. The van der Waals surface area contributed by atoms with Crippen molar-refractivity contribution >= 4 is 0 Å². The van der Waals surface area contributed by atoms with Crippen LogP contribution in [-0.2, 0) is 6.42 Å². The van der Waals surface area contributed by atoms with E-state index in [9.17, 15) is 0 Å². The van der Waals surface area contributed by atoms with Crippen LogP contribution >= 0.6 is 0 Å². The molecule has 1 aromatic heterocycles. The van der Waals surface area contributed by atoms with Crippen molar-refractivity contribution in [3.05, 3.63) is 24.3 Å². The van der Waals surface area contributed by atoms with Crippen LogP contribution in [0.25, 0.3) is 0 Å². The van der Waals surface area contributed by atoms with Gasteiger partial charge in [-0.2, -0.15) is 0 Å². The topological polar surface area (TPSA) is 25.8 Å². The van der Waals surface area contributed by atoms with E-state index in [-0.39, 0.29) is 0 Å². The van der Waals surface area contributed by atoms with Crippen molar-refractivity contribution in [2.45, 2.75) is 51.9 Å². The predicted octanol–water partition coefficient (Wildman–Crippen LogP) is 3.38. The van der Waals surface area contributed by atoms with Crippen molar-refractivity contribution < 1.29 is 0 Å². The molecule has 78 valence electrons. The Labute approximate surface area is 86.8 Å². The molecule has 0 aliphatic carbocycles. The molecular formula is C12H20N2. The zero-order valence-corrected chi connectivity index (χ0v) is 9.08. The minimum Gasteiger partial charge on any atom is -0.245 e. The third kappa shape index (κ3) is 4.95. The Morgan fingerprint density at radius 3 is 2.29 bits per heavy atom. The van der Waals surface area contributed by atoms with E-state index in [4.69, 9.17) is 0 Å². The number of hydrogen-bond acceptors (Lipinski definition) is 2. The van der Waals surface area contributed by atoms with E-state index in [1.54, 1.807) is 6.33 Å². The summed E-state index contributed by atoms with van der Waals surface area (Å²) in [7, 11) is 0. The minimum absolute atomic E-state index is 1.13. The molecule has 1 aromatic rings. The van der Waals surface area contributed by atoms with Crippen LogP contribution < -0.4 is 0 Å². The molecule has 0 unspecified atom stereocenters. The second-order valence-corrected chi connectivity index (χ2v) is 3.76. The Morgan fingerprint density at radius 1 is 0.929 bits per heavy atom. The lowest BCUT2D eigenvalue weighted by Gasteiger charge is -2.00. The van der Waals surface area contributed by atoms with E-state index in [0.717, 1.165) is 6.42 Å². The third-order valence-electron chi connectivity index (χ3n) is 2.43. The SMILES string of the molecule is CCCCCCCCc1cncnc1. The van der Waals surface area contributed by atoms with Gasteiger partial charge in [-0.05, 0) is 18.4 Å². The van der Waals surface area contributed by atoms with Gasteiger partial charge in [0.15, 0.2) is 0 Å². The maximum Gasteiger partial charge on any atom is 0.115 e. The van der Waals surface area contributed by atoms with Crippen molar-refractivity contribution in [2.75, 3.05) is 0 Å². The van der Waals surface area contributed by atoms with Gasteiger partial charge in [0.05, 0.1) is 0 Å². The predicted molar refractivity (Wildman–Crippen MR) is 59.1 cm³/mol. The highest BCUT2D eigenvalue weighted by molar-refractivity contribution is 5.01. The molecule has 0 radical (unpaired) electrons. The first-order chi connectivity index (χ1) is 6.93. The van der Waals surface area contributed by atoms with Crippen LogP contribution in [-0.4, -0.2) is 9.97 Å². The van der Waals surface area contributed by atoms with Crippen LogP contribution in [0.2, 0.25) is 0 Å². The van der Waals surface area contributed by atoms with Gasteiger partial charge in [0.2, 0.25) is 0 Å². The fourth-order valence-electron chi connectivity index (χ4n) is 1.57. The van der Waals surface area contributed by atoms with Gasteiger partial charge in [0, 0.05) is 12.4 Å². The van der Waals surface area contributed by atoms with Crippen LogP contribution in [0, 0.1) is 0 Å². The highest BCUT2D eigenvalue weighted by Crippen LogP contribution is 2.08. The number of aromatic nitrogens is 2. The standard InChI is InChI=1S/C12H20N2/c1-2-3-4-5-6-7-8-12-9-13-11-14-10-12/h9-11H,2-8H2,1H3. The van der Waals surface area contributed by atoms with Gasteiger partial charge in [-0.25, -0.2) is 9.97 Å². The van der Waals surface area contributed by atoms with Crippen LogP contribution in [0.4, 0.5) is 0 Å². The van der Waals surface area contributed by atoms with Crippen molar-refractivity contribution in [2.24, 2.45) is 0 Å². The first-order valence-corrected chi connectivity index (χ1v) is 5.67. The summed E-state index contributed by atoms with van der Waals surface area (Å²) in [4.78, 5) is 8.00. The Balaban J connectivity index is 1.99. The molecule has 2 heteroatoms. The van der Waals surface area contributed by atoms with Crippen molar-refractivity contribution in [1.82, 2.24) is 9.97 Å². The summed E-state index contributed by atoms with van der Waals surface area (Å²) < 4.78 is 0. The molecule has 0 fully saturated rings. The van der Waals surface area contributed by atoms with Gasteiger partial charge in [0.25, 0.3) is 0 Å². The maximum absolute atomic E-state index is 4.00. The Bertz CT molecular complexity index is 221. The van der Waals surface area contributed by atoms with Crippen LogP contribution in [0.15, 0.2) is 18.7 Å². The van der Waals surface area contributed by atoms with Gasteiger partial charge in [-0.1, -0.05) is 39.0 Å². The zero-order valence-electron chi connectivity index (χ0n) is 9.08. The first kappa shape index (κ1) is 11.2. The largest absolute Gasteiger partial charge is 0.245 e. The second kappa shape index (κ2) is 7.48. The van der Waals surface area contributed by atoms with Gasteiger partial charge in [-0.3, -0.25) is 0 Å². The molecular weight excluding hydrogens is 172 g/mol. The Kier molecular flexibility index (Phi) is 5.96. The molecule has 0 amide bonds. The molecule has 0 saturated heterocycles. The highest BCUT2D eigenvalue weighted by Gasteiger charge is 1.93. The normalized spacial score (nSPS) is 10.4. The van der Waals surface area contributed by atoms with Gasteiger partial charge in [-0.15, -0.1) is 0 Å². The summed E-state index contributed by atoms with van der Waals surface area (Å²) in [5.74, 6) is 0. The lowest BCUT2D eigenvalue weighted by atomic mass is 10.1. The number of rotatable bonds is 7. The lowest BCUT2D eigenvalue weighted by Crippen LogP contribution is -1.88. The molecule has 0 saturated carbocycles. The molecule has 0 bridgehead atoms. The number of hydrogen-bond donors (Lipinski definition) is 0. The quantitative estimate of drug-likeness (QED) is 0.619. The summed E-state index contributed by atoms with van der Waals surface area (Å²) in [5, 5.41) is 0. The molecule has 0 atom stereocenters. The highest BCUT2D eigenvalue weighted by atomic mass is 14.8. The molecule has 0 N–H and O–H groups in total. The second-order valence-electron chi connectivity index (χ2n) is 3.76. The van der Waals surface area contributed by atoms with Crippen LogP contribution in [0.5, 0.6) is 0 Å². The van der Waals surface area contributed by atoms with Crippen LogP contribution in [0.3, 0.4) is 0 Å². The molecule has 0 spiro atoms. The van der Waals surface area contributed by atoms with E-state index < -0.39 is 0 Å². The first-order valence-electron chi connectivity index (χ1n) is 5.67. The number of unbranched alkanes of at least 4 members (excludes halogenated alkanes) is 5. The zero-order chi connectivity index (χ0) is 10.1. The fourth-order valence-corrected chi connectivity index (χ4v) is 1.57. The summed E-state index contributed by atoms with van der Waals surface area (Å²) in [6, 6.07) is 0. The molecule has 1 rings (SSSR count). The van der Waals surface area contributed by atoms with Crippen molar-refractivity contribution in [3.8, 4) is 0 Å². The van der Waals surface area contributed by atoms with Crippen molar-refractivity contribution in [3.63, 3.8) is 0 Å².